The van der Waals surface area contributed by atoms with Crippen LogP contribution in [0.25, 0.3) is 0 Å². The molecule has 0 radical (unpaired) electrons. The predicted molar refractivity (Wildman–Crippen MR) is 152 cm³/mol. The normalized spacial score (nSPS) is 12.1. The molecular weight excluding hydrogens is 545 g/mol. The van der Waals surface area contributed by atoms with Crippen LogP contribution in [0.15, 0.2) is 71.6 Å². The minimum absolute atomic E-state index is 0.0280. The number of anilines is 1. The molecule has 0 aliphatic carbocycles. The summed E-state index contributed by atoms with van der Waals surface area (Å²) < 4.78 is 28.8. The van der Waals surface area contributed by atoms with Gasteiger partial charge in [-0.15, -0.1) is 0 Å². The van der Waals surface area contributed by atoms with Crippen molar-refractivity contribution in [1.82, 2.24) is 10.2 Å². The number of nitrogens with zero attached hydrogens (tertiary/aromatic N) is 2. The fraction of sp³-hybridized carbons (Fsp3) is 0.286. The molecule has 0 saturated carbocycles. The van der Waals surface area contributed by atoms with E-state index in [1.165, 1.54) is 17.0 Å². The van der Waals surface area contributed by atoms with Crippen LogP contribution in [0, 0.1) is 13.8 Å². The zero-order chi connectivity index (χ0) is 28.0. The molecule has 0 fully saturated rings. The first-order chi connectivity index (χ1) is 17.9. The van der Waals surface area contributed by atoms with E-state index in [1.54, 1.807) is 75.4 Å². The van der Waals surface area contributed by atoms with Gasteiger partial charge in [0.1, 0.15) is 12.6 Å². The zero-order valence-corrected chi connectivity index (χ0v) is 24.1. The van der Waals surface area contributed by atoms with E-state index in [9.17, 15) is 18.0 Å². The third-order valence-corrected chi connectivity index (χ3v) is 8.64. The maximum atomic E-state index is 13.9. The van der Waals surface area contributed by atoms with Gasteiger partial charge in [-0.05, 0) is 69.2 Å². The topological polar surface area (TPSA) is 86.8 Å². The highest BCUT2D eigenvalue weighted by molar-refractivity contribution is 7.92. The monoisotopic (exact) mass is 575 g/mol. The van der Waals surface area contributed by atoms with Gasteiger partial charge in [-0.1, -0.05) is 65.2 Å². The van der Waals surface area contributed by atoms with Crippen LogP contribution in [0.5, 0.6) is 0 Å². The number of aryl methyl sites for hydroxylation is 2. The summed E-state index contributed by atoms with van der Waals surface area (Å²) in [6.07, 6.45) is 0. The standard InChI is InChI=1S/C28H31Cl2N3O4S/c1-5-31-28(35)21(4)32(17-22-12-15-24(29)25(30)16-22)27(34)18-33(26-9-7-6-8-20(26)3)38(36,37)23-13-10-19(2)11-14-23/h6-16,21H,5,17-18H2,1-4H3,(H,31,35)/t21-/m1/s1. The van der Waals surface area contributed by atoms with Crippen LogP contribution in [0.2, 0.25) is 10.0 Å². The molecule has 2 amide bonds. The minimum atomic E-state index is -4.12. The number of hydrogen-bond donors (Lipinski definition) is 1. The van der Waals surface area contributed by atoms with Crippen LogP contribution in [-0.4, -0.2) is 44.3 Å². The number of hydrogen-bond acceptors (Lipinski definition) is 4. The van der Waals surface area contributed by atoms with E-state index in [0.717, 1.165) is 9.87 Å². The van der Waals surface area contributed by atoms with E-state index < -0.39 is 28.5 Å². The first-order valence-electron chi connectivity index (χ1n) is 12.1. The number of sulfonamides is 1. The Morgan fingerprint density at radius 3 is 2.21 bits per heavy atom. The van der Waals surface area contributed by atoms with Crippen molar-refractivity contribution in [3.8, 4) is 0 Å². The van der Waals surface area contributed by atoms with Gasteiger partial charge in [0.05, 0.1) is 20.6 Å². The van der Waals surface area contributed by atoms with Gasteiger partial charge in [-0.25, -0.2) is 8.42 Å². The lowest BCUT2D eigenvalue weighted by Crippen LogP contribution is -2.51. The van der Waals surface area contributed by atoms with Gasteiger partial charge >= 0.3 is 0 Å². The Labute approximate surface area is 234 Å². The van der Waals surface area contributed by atoms with Gasteiger partial charge in [0, 0.05) is 13.1 Å². The summed E-state index contributed by atoms with van der Waals surface area (Å²) >= 11 is 12.2. The first kappa shape index (κ1) is 29.5. The van der Waals surface area contributed by atoms with Crippen molar-refractivity contribution in [1.29, 1.82) is 0 Å². The van der Waals surface area contributed by atoms with E-state index in [1.807, 2.05) is 6.92 Å². The second-order valence-corrected chi connectivity index (χ2v) is 11.6. The zero-order valence-electron chi connectivity index (χ0n) is 21.7. The summed E-state index contributed by atoms with van der Waals surface area (Å²) in [4.78, 5) is 28.0. The van der Waals surface area contributed by atoms with Gasteiger partial charge in [0.25, 0.3) is 10.0 Å². The third kappa shape index (κ3) is 6.87. The van der Waals surface area contributed by atoms with E-state index in [2.05, 4.69) is 5.32 Å². The molecule has 3 rings (SSSR count). The molecule has 0 saturated heterocycles. The molecular formula is C28H31Cl2N3O4S. The molecule has 202 valence electrons. The smallest absolute Gasteiger partial charge is 0.264 e. The van der Waals surface area contributed by atoms with Crippen molar-refractivity contribution in [3.63, 3.8) is 0 Å². The van der Waals surface area contributed by atoms with Crippen molar-refractivity contribution >= 4 is 50.7 Å². The largest absolute Gasteiger partial charge is 0.355 e. The van der Waals surface area contributed by atoms with Crippen LogP contribution >= 0.6 is 23.2 Å². The molecule has 10 heteroatoms. The van der Waals surface area contributed by atoms with E-state index in [0.29, 0.717) is 33.4 Å². The summed E-state index contributed by atoms with van der Waals surface area (Å²) in [7, 11) is -4.12. The Bertz CT molecular complexity index is 1410. The molecule has 7 nitrogen and oxygen atoms in total. The fourth-order valence-corrected chi connectivity index (χ4v) is 5.73. The van der Waals surface area contributed by atoms with Crippen LogP contribution in [0.4, 0.5) is 5.69 Å². The summed E-state index contributed by atoms with van der Waals surface area (Å²) in [5.74, 6) is -0.904. The molecule has 38 heavy (non-hydrogen) atoms. The Kier molecular flexibility index (Phi) is 9.82. The molecule has 0 bridgehead atoms. The van der Waals surface area contributed by atoms with Gasteiger partial charge < -0.3 is 10.2 Å². The number of carbonyl (C=O) groups is 2. The molecule has 0 spiro atoms. The Balaban J connectivity index is 2.05. The third-order valence-electron chi connectivity index (χ3n) is 6.13. The lowest BCUT2D eigenvalue weighted by Gasteiger charge is -2.32. The number of halogens is 2. The lowest BCUT2D eigenvalue weighted by molar-refractivity contribution is -0.139. The van der Waals surface area contributed by atoms with E-state index in [-0.39, 0.29) is 17.3 Å². The van der Waals surface area contributed by atoms with Crippen LogP contribution < -0.4 is 9.62 Å². The highest BCUT2D eigenvalue weighted by Crippen LogP contribution is 2.28. The lowest BCUT2D eigenvalue weighted by atomic mass is 10.1. The molecule has 0 heterocycles. The summed E-state index contributed by atoms with van der Waals surface area (Å²) in [6.45, 7) is 6.93. The van der Waals surface area contributed by atoms with E-state index in [4.69, 9.17) is 23.2 Å². The maximum absolute atomic E-state index is 13.9. The Morgan fingerprint density at radius 2 is 1.61 bits per heavy atom. The van der Waals surface area contributed by atoms with Crippen molar-refractivity contribution in [2.24, 2.45) is 0 Å². The van der Waals surface area contributed by atoms with E-state index >= 15 is 0 Å². The van der Waals surface area contributed by atoms with Crippen molar-refractivity contribution in [2.75, 3.05) is 17.4 Å². The van der Waals surface area contributed by atoms with Crippen LogP contribution in [0.1, 0.15) is 30.5 Å². The highest BCUT2D eigenvalue weighted by Gasteiger charge is 2.33. The van der Waals surface area contributed by atoms with Crippen LogP contribution in [-0.2, 0) is 26.2 Å². The summed E-state index contributed by atoms with van der Waals surface area (Å²) in [6, 6.07) is 17.5. The molecule has 0 aromatic heterocycles. The predicted octanol–water partition coefficient (Wildman–Crippen LogP) is 5.36. The Hall–Kier alpha value is -3.07. The van der Waals surface area contributed by atoms with Crippen LogP contribution in [0.3, 0.4) is 0 Å². The second-order valence-electron chi connectivity index (χ2n) is 8.95. The number of para-hydroxylation sites is 1. The van der Waals surface area contributed by atoms with Crippen molar-refractivity contribution in [2.45, 2.75) is 45.2 Å². The van der Waals surface area contributed by atoms with Gasteiger partial charge in [0.15, 0.2) is 0 Å². The minimum Gasteiger partial charge on any atom is -0.355 e. The fourth-order valence-electron chi connectivity index (χ4n) is 3.93. The molecule has 1 atom stereocenters. The van der Waals surface area contributed by atoms with Crippen molar-refractivity contribution < 1.29 is 18.0 Å². The summed E-state index contributed by atoms with van der Waals surface area (Å²) in [5, 5.41) is 3.40. The number of carbonyl (C=O) groups excluding carboxylic acids is 2. The van der Waals surface area contributed by atoms with Gasteiger partial charge in [0.2, 0.25) is 11.8 Å². The number of likely N-dealkylation sites (N-methyl/N-ethyl adjacent to an activating group) is 1. The average molecular weight is 577 g/mol. The number of benzene rings is 3. The average Bonchev–Trinajstić information content (AvgIpc) is 2.88. The number of rotatable bonds is 10. The van der Waals surface area contributed by atoms with Gasteiger partial charge in [-0.3, -0.25) is 13.9 Å². The molecule has 0 aliphatic heterocycles. The highest BCUT2D eigenvalue weighted by atomic mass is 35.5. The molecule has 3 aromatic rings. The molecule has 1 N–H and O–H groups in total. The molecule has 0 aliphatic rings. The summed E-state index contributed by atoms with van der Waals surface area (Å²) in [5.41, 5.74) is 2.61. The second kappa shape index (κ2) is 12.7. The quantitative estimate of drug-likeness (QED) is 0.352. The maximum Gasteiger partial charge on any atom is 0.264 e. The number of amides is 2. The van der Waals surface area contributed by atoms with Crippen molar-refractivity contribution in [3.05, 3.63) is 93.5 Å². The van der Waals surface area contributed by atoms with Gasteiger partial charge in [-0.2, -0.15) is 0 Å². The number of nitrogens with one attached hydrogen (secondary N) is 1. The molecule has 3 aromatic carbocycles. The first-order valence-corrected chi connectivity index (χ1v) is 14.3. The molecule has 0 unspecified atom stereocenters. The SMILES string of the molecule is CCNC(=O)[C@@H](C)N(Cc1ccc(Cl)c(Cl)c1)C(=O)CN(c1ccccc1C)S(=O)(=O)c1ccc(C)cc1. The Morgan fingerprint density at radius 1 is 0.947 bits per heavy atom.